The lowest BCUT2D eigenvalue weighted by Gasteiger charge is -2.28. The highest BCUT2D eigenvalue weighted by molar-refractivity contribution is 9.10. The second kappa shape index (κ2) is 8.03. The van der Waals surface area contributed by atoms with Crippen LogP contribution in [-0.4, -0.2) is 30.6 Å². The summed E-state index contributed by atoms with van der Waals surface area (Å²) >= 11 is 3.33. The van der Waals surface area contributed by atoms with Crippen LogP contribution in [-0.2, 0) is 16.1 Å². The van der Waals surface area contributed by atoms with E-state index in [1.165, 1.54) is 24.1 Å². The van der Waals surface area contributed by atoms with Crippen LogP contribution in [0.4, 0.5) is 4.39 Å². The monoisotopic (exact) mass is 437 g/mol. The van der Waals surface area contributed by atoms with Crippen molar-refractivity contribution in [3.05, 3.63) is 63.4 Å². The Morgan fingerprint density at radius 2 is 2.15 bits per heavy atom. The summed E-state index contributed by atoms with van der Waals surface area (Å²) in [4.78, 5) is 26.8. The number of fused-ring (bicyclic) bond motifs is 1. The number of carbonyl (C=O) groups excluding carboxylic acids is 2. The van der Waals surface area contributed by atoms with Gasteiger partial charge in [0.25, 0.3) is 11.8 Å². The van der Waals surface area contributed by atoms with Crippen molar-refractivity contribution in [2.45, 2.75) is 12.6 Å². The highest BCUT2D eigenvalue weighted by Gasteiger charge is 2.39. The third-order valence-corrected chi connectivity index (χ3v) is 4.70. The van der Waals surface area contributed by atoms with Gasteiger partial charge in [0.15, 0.2) is 6.79 Å². The molecule has 3 rings (SSSR count). The molecule has 1 aliphatic heterocycles. The van der Waals surface area contributed by atoms with Gasteiger partial charge in [-0.1, -0.05) is 22.0 Å². The quantitative estimate of drug-likeness (QED) is 0.313. The number of nitrogens with two attached hydrogens (primary N) is 1. The van der Waals surface area contributed by atoms with Crippen molar-refractivity contribution in [2.75, 3.05) is 13.9 Å². The molecule has 0 saturated carbocycles. The van der Waals surface area contributed by atoms with Gasteiger partial charge in [-0.15, -0.1) is 0 Å². The molecule has 27 heavy (non-hydrogen) atoms. The molecule has 0 spiro atoms. The van der Waals surface area contributed by atoms with Crippen LogP contribution in [0.5, 0.6) is 5.75 Å². The minimum absolute atomic E-state index is 0.100. The molecule has 142 valence electrons. The van der Waals surface area contributed by atoms with Crippen LogP contribution in [0.2, 0.25) is 0 Å². The standard InChI is InChI=1S/C18H17BrFN3O4/c1-26-9-27-15-5-4-12(20)7-14(15)16(17(24)22-21)23-8-10-2-3-11(19)6-13(10)18(23)25/h2-7,16H,8-9,21H2,1H3,(H,22,24). The maximum atomic E-state index is 13.9. The largest absolute Gasteiger partial charge is 0.467 e. The van der Waals surface area contributed by atoms with Gasteiger partial charge in [-0.05, 0) is 35.9 Å². The molecule has 2 aromatic carbocycles. The minimum Gasteiger partial charge on any atom is -0.467 e. The number of hydrazine groups is 1. The van der Waals surface area contributed by atoms with Crippen molar-refractivity contribution in [1.82, 2.24) is 10.3 Å². The summed E-state index contributed by atoms with van der Waals surface area (Å²) in [7, 11) is 1.44. The zero-order valence-corrected chi connectivity index (χ0v) is 16.0. The lowest BCUT2D eigenvalue weighted by Crippen LogP contribution is -2.43. The molecular weight excluding hydrogens is 421 g/mol. The fourth-order valence-electron chi connectivity index (χ4n) is 3.02. The van der Waals surface area contributed by atoms with Crippen molar-refractivity contribution in [2.24, 2.45) is 5.84 Å². The predicted octanol–water partition coefficient (Wildman–Crippen LogP) is 2.26. The molecule has 0 saturated heterocycles. The van der Waals surface area contributed by atoms with Gasteiger partial charge in [-0.2, -0.15) is 0 Å². The minimum atomic E-state index is -1.17. The summed E-state index contributed by atoms with van der Waals surface area (Å²) in [5, 5.41) is 0. The summed E-state index contributed by atoms with van der Waals surface area (Å²) in [6.07, 6.45) is 0. The van der Waals surface area contributed by atoms with Gasteiger partial charge >= 0.3 is 0 Å². The Hall–Kier alpha value is -2.49. The van der Waals surface area contributed by atoms with Gasteiger partial charge in [0.05, 0.1) is 0 Å². The summed E-state index contributed by atoms with van der Waals surface area (Å²) in [5.74, 6) is 3.96. The topological polar surface area (TPSA) is 93.9 Å². The number of hydrogen-bond donors (Lipinski definition) is 2. The van der Waals surface area contributed by atoms with E-state index in [9.17, 15) is 14.0 Å². The molecule has 0 aliphatic carbocycles. The number of hydrogen-bond acceptors (Lipinski definition) is 5. The van der Waals surface area contributed by atoms with Crippen molar-refractivity contribution in [3.8, 4) is 5.75 Å². The number of methoxy groups -OCH3 is 1. The van der Waals surface area contributed by atoms with E-state index in [2.05, 4.69) is 21.4 Å². The van der Waals surface area contributed by atoms with Crippen LogP contribution in [0.3, 0.4) is 0 Å². The lowest BCUT2D eigenvalue weighted by molar-refractivity contribution is -0.126. The maximum absolute atomic E-state index is 13.9. The molecule has 0 aromatic heterocycles. The highest BCUT2D eigenvalue weighted by Crippen LogP contribution is 2.36. The Kier molecular flexibility index (Phi) is 5.73. The molecule has 7 nitrogen and oxygen atoms in total. The normalized spacial score (nSPS) is 14.1. The second-order valence-corrected chi connectivity index (χ2v) is 6.79. The smallest absolute Gasteiger partial charge is 0.261 e. The highest BCUT2D eigenvalue weighted by atomic mass is 79.9. The van der Waals surface area contributed by atoms with Gasteiger partial charge in [0.2, 0.25) is 0 Å². The molecule has 3 N–H and O–H groups in total. The van der Waals surface area contributed by atoms with Gasteiger partial charge in [0.1, 0.15) is 17.6 Å². The molecular formula is C18H17BrFN3O4. The van der Waals surface area contributed by atoms with E-state index in [0.717, 1.165) is 16.1 Å². The number of carbonyl (C=O) groups is 2. The number of ether oxygens (including phenoxy) is 2. The summed E-state index contributed by atoms with van der Waals surface area (Å²) in [6, 6.07) is 7.84. The SMILES string of the molecule is COCOc1ccc(F)cc1C(C(=O)NN)N1Cc2ccc(Br)cc2C1=O. The molecule has 1 heterocycles. The first-order chi connectivity index (χ1) is 13.0. The number of rotatable bonds is 6. The van der Waals surface area contributed by atoms with Crippen molar-refractivity contribution < 1.29 is 23.5 Å². The molecule has 2 aromatic rings. The van der Waals surface area contributed by atoms with E-state index in [-0.39, 0.29) is 30.6 Å². The molecule has 1 unspecified atom stereocenters. The average molecular weight is 438 g/mol. The van der Waals surface area contributed by atoms with Gasteiger partial charge < -0.3 is 14.4 Å². The van der Waals surface area contributed by atoms with E-state index >= 15 is 0 Å². The van der Waals surface area contributed by atoms with E-state index in [1.54, 1.807) is 12.1 Å². The van der Waals surface area contributed by atoms with Gasteiger partial charge in [0, 0.05) is 29.3 Å². The zero-order chi connectivity index (χ0) is 19.6. The fraction of sp³-hybridized carbons (Fsp3) is 0.222. The van der Waals surface area contributed by atoms with Crippen LogP contribution in [0.25, 0.3) is 0 Å². The molecule has 1 aliphatic rings. The Morgan fingerprint density at radius 3 is 2.85 bits per heavy atom. The molecule has 1 atom stereocenters. The van der Waals surface area contributed by atoms with Crippen molar-refractivity contribution >= 4 is 27.7 Å². The zero-order valence-electron chi connectivity index (χ0n) is 14.4. The van der Waals surface area contributed by atoms with Gasteiger partial charge in [-0.3, -0.25) is 15.0 Å². The Labute approximate surface area is 163 Å². The summed E-state index contributed by atoms with van der Waals surface area (Å²) < 4.78 is 25.0. The first-order valence-electron chi connectivity index (χ1n) is 7.97. The fourth-order valence-corrected chi connectivity index (χ4v) is 3.38. The number of nitrogens with one attached hydrogen (secondary N) is 1. The van der Waals surface area contributed by atoms with E-state index in [4.69, 9.17) is 15.3 Å². The van der Waals surface area contributed by atoms with Crippen LogP contribution >= 0.6 is 15.9 Å². The van der Waals surface area contributed by atoms with Crippen LogP contribution in [0, 0.1) is 5.82 Å². The van der Waals surface area contributed by atoms with Crippen LogP contribution < -0.4 is 16.0 Å². The number of nitrogens with zero attached hydrogens (tertiary/aromatic N) is 1. The van der Waals surface area contributed by atoms with E-state index in [0.29, 0.717) is 5.56 Å². The first-order valence-corrected chi connectivity index (χ1v) is 8.76. The summed E-state index contributed by atoms with van der Waals surface area (Å²) in [6.45, 7) is 0.0798. The third-order valence-electron chi connectivity index (χ3n) is 4.20. The number of halogens is 2. The predicted molar refractivity (Wildman–Crippen MR) is 98.0 cm³/mol. The number of benzene rings is 2. The summed E-state index contributed by atoms with van der Waals surface area (Å²) in [5.41, 5.74) is 3.45. The molecule has 0 radical (unpaired) electrons. The number of amides is 2. The van der Waals surface area contributed by atoms with Crippen LogP contribution in [0.15, 0.2) is 40.9 Å². The third kappa shape index (κ3) is 3.80. The average Bonchev–Trinajstić information content (AvgIpc) is 2.97. The Bertz CT molecular complexity index is 893. The molecule has 2 amide bonds. The molecule has 0 fully saturated rings. The van der Waals surface area contributed by atoms with E-state index in [1.807, 2.05) is 6.07 Å². The molecule has 9 heteroatoms. The van der Waals surface area contributed by atoms with Gasteiger partial charge in [-0.25, -0.2) is 10.2 Å². The Morgan fingerprint density at radius 1 is 1.37 bits per heavy atom. The maximum Gasteiger partial charge on any atom is 0.261 e. The van der Waals surface area contributed by atoms with E-state index < -0.39 is 17.8 Å². The Balaban J connectivity index is 2.05. The molecule has 0 bridgehead atoms. The van der Waals surface area contributed by atoms with Crippen molar-refractivity contribution in [1.29, 1.82) is 0 Å². The second-order valence-electron chi connectivity index (χ2n) is 5.88. The van der Waals surface area contributed by atoms with Crippen LogP contribution in [0.1, 0.15) is 27.5 Å². The first kappa shape index (κ1) is 19.3. The lowest BCUT2D eigenvalue weighted by atomic mass is 10.0. The van der Waals surface area contributed by atoms with Crippen molar-refractivity contribution in [3.63, 3.8) is 0 Å².